The van der Waals surface area contributed by atoms with E-state index in [9.17, 15) is 9.18 Å². The highest BCUT2D eigenvalue weighted by molar-refractivity contribution is 6.30. The van der Waals surface area contributed by atoms with Gasteiger partial charge in [0.2, 0.25) is 0 Å². The molecule has 0 aliphatic carbocycles. The highest BCUT2D eigenvalue weighted by Gasteiger charge is 2.39. The first-order valence-electron chi connectivity index (χ1n) is 8.42. The third-order valence-electron chi connectivity index (χ3n) is 4.53. The summed E-state index contributed by atoms with van der Waals surface area (Å²) >= 11 is 5.92. The second-order valence-electron chi connectivity index (χ2n) is 7.56. The first-order valence-corrected chi connectivity index (χ1v) is 8.80. The number of halogens is 2. The van der Waals surface area contributed by atoms with Crippen LogP contribution in [0.3, 0.4) is 0 Å². The van der Waals surface area contributed by atoms with E-state index in [0.29, 0.717) is 0 Å². The van der Waals surface area contributed by atoms with Gasteiger partial charge in [-0.25, -0.2) is 9.18 Å². The smallest absolute Gasteiger partial charge is 0.411 e. The molecule has 0 N–H and O–H groups in total. The van der Waals surface area contributed by atoms with Crippen LogP contribution >= 0.6 is 11.6 Å². The molecule has 1 aromatic carbocycles. The molecule has 24 heavy (non-hydrogen) atoms. The summed E-state index contributed by atoms with van der Waals surface area (Å²) in [6.07, 6.45) is 5.60. The Balaban J connectivity index is 1.87. The largest absolute Gasteiger partial charge is 0.444 e. The van der Waals surface area contributed by atoms with Gasteiger partial charge in [-0.15, -0.1) is 0 Å². The summed E-state index contributed by atoms with van der Waals surface area (Å²) in [5.41, 5.74) is 1.56. The maximum atomic E-state index is 13.4. The van der Waals surface area contributed by atoms with Gasteiger partial charge in [-0.3, -0.25) is 4.90 Å². The molecular formula is C19H23ClFNO2. The van der Waals surface area contributed by atoms with E-state index >= 15 is 0 Å². The zero-order valence-corrected chi connectivity index (χ0v) is 15.1. The van der Waals surface area contributed by atoms with Gasteiger partial charge in [-0.05, 0) is 69.7 Å². The SMILES string of the molecule is CC(C)(C)OC(=O)N1C2C=C(c3ccc(F)c(Cl)c3)CC1CCC2. The number of ether oxygens (including phenoxy) is 1. The molecule has 5 heteroatoms. The molecule has 0 spiro atoms. The third kappa shape index (κ3) is 3.59. The predicted octanol–water partition coefficient (Wildman–Crippen LogP) is 5.42. The Hall–Kier alpha value is -1.55. The van der Waals surface area contributed by atoms with Crippen molar-refractivity contribution in [2.75, 3.05) is 0 Å². The van der Waals surface area contributed by atoms with Crippen LogP contribution < -0.4 is 0 Å². The molecule has 3 nitrogen and oxygen atoms in total. The van der Waals surface area contributed by atoms with E-state index in [2.05, 4.69) is 6.08 Å². The Kier molecular flexibility index (Phi) is 4.60. The van der Waals surface area contributed by atoms with Crippen LogP contribution in [0.5, 0.6) is 0 Å². The van der Waals surface area contributed by atoms with Crippen molar-refractivity contribution < 1.29 is 13.9 Å². The number of hydrogen-bond acceptors (Lipinski definition) is 2. The first kappa shape index (κ1) is 17.3. The maximum absolute atomic E-state index is 13.4. The summed E-state index contributed by atoms with van der Waals surface area (Å²) < 4.78 is 19.0. The second kappa shape index (κ2) is 6.40. The molecule has 1 saturated heterocycles. The predicted molar refractivity (Wildman–Crippen MR) is 93.5 cm³/mol. The van der Waals surface area contributed by atoms with Crippen LogP contribution in [-0.4, -0.2) is 28.7 Å². The van der Waals surface area contributed by atoms with Crippen LogP contribution in [0.4, 0.5) is 9.18 Å². The minimum absolute atomic E-state index is 0.0335. The number of hydrogen-bond donors (Lipinski definition) is 0. The lowest BCUT2D eigenvalue weighted by atomic mass is 9.83. The average molecular weight is 352 g/mol. The molecular weight excluding hydrogens is 329 g/mol. The van der Waals surface area contributed by atoms with Crippen LogP contribution in [0.15, 0.2) is 24.3 Å². The van der Waals surface area contributed by atoms with Crippen molar-refractivity contribution in [2.24, 2.45) is 0 Å². The van der Waals surface area contributed by atoms with E-state index in [1.54, 1.807) is 12.1 Å². The average Bonchev–Trinajstić information content (AvgIpc) is 2.47. The monoisotopic (exact) mass is 351 g/mol. The zero-order valence-electron chi connectivity index (χ0n) is 14.3. The topological polar surface area (TPSA) is 29.5 Å². The number of carbonyl (C=O) groups excluding carboxylic acids is 1. The lowest BCUT2D eigenvalue weighted by Crippen LogP contribution is -2.53. The molecule has 3 rings (SSSR count). The molecule has 1 fully saturated rings. The molecule has 1 amide bonds. The number of rotatable bonds is 1. The Morgan fingerprint density at radius 1 is 1.33 bits per heavy atom. The zero-order chi connectivity index (χ0) is 17.5. The lowest BCUT2D eigenvalue weighted by molar-refractivity contribution is 0.0000859. The van der Waals surface area contributed by atoms with Crippen molar-refractivity contribution in [2.45, 2.75) is 64.1 Å². The summed E-state index contributed by atoms with van der Waals surface area (Å²) in [4.78, 5) is 14.5. The van der Waals surface area contributed by atoms with E-state index in [1.807, 2.05) is 25.7 Å². The highest BCUT2D eigenvalue weighted by atomic mass is 35.5. The molecule has 1 aromatic rings. The van der Waals surface area contributed by atoms with Crippen LogP contribution in [0.25, 0.3) is 5.57 Å². The number of amides is 1. The van der Waals surface area contributed by atoms with Gasteiger partial charge in [0.15, 0.2) is 0 Å². The molecule has 130 valence electrons. The van der Waals surface area contributed by atoms with Gasteiger partial charge in [0.25, 0.3) is 0 Å². The fourth-order valence-electron chi connectivity index (χ4n) is 3.54. The minimum atomic E-state index is -0.500. The summed E-state index contributed by atoms with van der Waals surface area (Å²) in [5.74, 6) is -0.410. The maximum Gasteiger partial charge on any atom is 0.411 e. The van der Waals surface area contributed by atoms with Crippen LogP contribution in [0.2, 0.25) is 5.02 Å². The van der Waals surface area contributed by atoms with E-state index in [0.717, 1.165) is 36.8 Å². The molecule has 2 unspecified atom stereocenters. The quantitative estimate of drug-likeness (QED) is 0.675. The number of nitrogens with zero attached hydrogens (tertiary/aromatic N) is 1. The summed E-state index contributed by atoms with van der Waals surface area (Å²) in [7, 11) is 0. The van der Waals surface area contributed by atoms with Crippen molar-refractivity contribution in [1.82, 2.24) is 4.90 Å². The standard InChI is InChI=1S/C19H23ClFNO2/c1-19(2,3)24-18(23)22-14-5-4-6-15(22)10-13(9-14)12-7-8-17(21)16(20)11-12/h7-9,11,14-15H,4-6,10H2,1-3H3. The van der Waals surface area contributed by atoms with Crippen LogP contribution in [-0.2, 0) is 4.74 Å². The van der Waals surface area contributed by atoms with Gasteiger partial charge >= 0.3 is 6.09 Å². The van der Waals surface area contributed by atoms with Crippen LogP contribution in [0, 0.1) is 5.82 Å². The van der Waals surface area contributed by atoms with Crippen molar-refractivity contribution in [3.8, 4) is 0 Å². The Labute approximate surface area is 147 Å². The van der Waals surface area contributed by atoms with Gasteiger partial charge in [-0.1, -0.05) is 23.7 Å². The van der Waals surface area contributed by atoms with E-state index in [1.165, 1.54) is 6.07 Å². The van der Waals surface area contributed by atoms with Crippen molar-refractivity contribution in [1.29, 1.82) is 0 Å². The Bertz CT molecular complexity index is 680. The number of carbonyl (C=O) groups is 1. The lowest BCUT2D eigenvalue weighted by Gasteiger charge is -2.45. The summed E-state index contributed by atoms with van der Waals surface area (Å²) in [6, 6.07) is 4.98. The number of fused-ring (bicyclic) bond motifs is 2. The Morgan fingerprint density at radius 2 is 2.08 bits per heavy atom. The molecule has 2 atom stereocenters. The van der Waals surface area contributed by atoms with E-state index in [4.69, 9.17) is 16.3 Å². The molecule has 2 aliphatic rings. The van der Waals surface area contributed by atoms with E-state index in [-0.39, 0.29) is 23.2 Å². The van der Waals surface area contributed by atoms with Crippen LogP contribution in [0.1, 0.15) is 52.0 Å². The summed E-state index contributed by atoms with van der Waals surface area (Å²) in [6.45, 7) is 5.64. The van der Waals surface area contributed by atoms with E-state index < -0.39 is 11.4 Å². The minimum Gasteiger partial charge on any atom is -0.444 e. The first-order chi connectivity index (χ1) is 11.2. The Morgan fingerprint density at radius 3 is 2.71 bits per heavy atom. The number of benzene rings is 1. The highest BCUT2D eigenvalue weighted by Crippen LogP contribution is 2.38. The van der Waals surface area contributed by atoms with Gasteiger partial charge in [0.1, 0.15) is 11.4 Å². The summed E-state index contributed by atoms with van der Waals surface area (Å²) in [5, 5.41) is 0.133. The van der Waals surface area contributed by atoms with Crippen molar-refractivity contribution >= 4 is 23.3 Å². The fourth-order valence-corrected chi connectivity index (χ4v) is 3.72. The van der Waals surface area contributed by atoms with Gasteiger partial charge in [0.05, 0.1) is 11.1 Å². The molecule has 0 radical (unpaired) electrons. The van der Waals surface area contributed by atoms with Gasteiger partial charge in [-0.2, -0.15) is 0 Å². The van der Waals surface area contributed by atoms with Gasteiger partial charge in [0, 0.05) is 6.04 Å². The molecule has 0 aromatic heterocycles. The molecule has 2 aliphatic heterocycles. The normalized spacial score (nSPS) is 23.7. The van der Waals surface area contributed by atoms with Crippen molar-refractivity contribution in [3.63, 3.8) is 0 Å². The number of piperidine rings is 1. The molecule has 2 heterocycles. The second-order valence-corrected chi connectivity index (χ2v) is 7.97. The molecule has 0 saturated carbocycles. The fraction of sp³-hybridized carbons (Fsp3) is 0.526. The third-order valence-corrected chi connectivity index (χ3v) is 4.82. The van der Waals surface area contributed by atoms with Crippen molar-refractivity contribution in [3.05, 3.63) is 40.7 Å². The molecule has 2 bridgehead atoms. The van der Waals surface area contributed by atoms with Gasteiger partial charge < -0.3 is 4.74 Å².